The van der Waals surface area contributed by atoms with Crippen LogP contribution in [0.25, 0.3) is 0 Å². The number of phosphoric acid groups is 1. The number of carbonyl (C=O) groups excluding carboxylic acids is 1. The van der Waals surface area contributed by atoms with Gasteiger partial charge in [0.1, 0.15) is 12.2 Å². The summed E-state index contributed by atoms with van der Waals surface area (Å²) < 4.78 is 33.7. The van der Waals surface area contributed by atoms with E-state index in [2.05, 4.69) is 13.8 Å². The van der Waals surface area contributed by atoms with Crippen LogP contribution < -0.4 is 0 Å². The largest absolute Gasteiger partial charge is 0.472 e. The second-order valence-electron chi connectivity index (χ2n) is 20.0. The lowest BCUT2D eigenvalue weighted by Crippen LogP contribution is -2.29. The van der Waals surface area contributed by atoms with Crippen LogP contribution >= 0.6 is 7.82 Å². The average Bonchev–Trinajstić information content (AvgIpc) is 3.31. The van der Waals surface area contributed by atoms with Gasteiger partial charge in [-0.15, -0.1) is 0 Å². The standard InChI is InChI=1S/C56H113O9P/c1-3-5-7-9-11-13-15-17-19-21-23-25-27-29-31-33-35-37-39-41-43-45-47-49-62-52-55(53-64-66(60,61)63-51-54(58)50-57)65-56(59)48-46-44-42-40-38-36-34-32-30-28-26-24-22-20-18-16-14-12-10-8-6-4-2/h54-55,57-58H,3-53H2,1-2H3,(H,60,61). The van der Waals surface area contributed by atoms with Gasteiger partial charge >= 0.3 is 13.8 Å². The van der Waals surface area contributed by atoms with Gasteiger partial charge in [-0.2, -0.15) is 0 Å². The number of hydrogen-bond donors (Lipinski definition) is 3. The Morgan fingerprint density at radius 2 is 0.682 bits per heavy atom. The predicted octanol–water partition coefficient (Wildman–Crippen LogP) is 17.4. The van der Waals surface area contributed by atoms with Crippen LogP contribution in [-0.2, 0) is 27.9 Å². The normalized spacial score (nSPS) is 13.6. The molecule has 3 unspecified atom stereocenters. The van der Waals surface area contributed by atoms with Gasteiger partial charge in [0, 0.05) is 13.0 Å². The molecule has 0 aromatic carbocycles. The second kappa shape index (κ2) is 53.8. The number of hydrogen-bond acceptors (Lipinski definition) is 8. The minimum Gasteiger partial charge on any atom is -0.457 e. The number of phosphoric ester groups is 1. The summed E-state index contributed by atoms with van der Waals surface area (Å²) in [4.78, 5) is 22.8. The van der Waals surface area contributed by atoms with Gasteiger partial charge in [0.15, 0.2) is 0 Å². The summed E-state index contributed by atoms with van der Waals surface area (Å²) in [5.41, 5.74) is 0. The molecule has 0 rings (SSSR count). The third kappa shape index (κ3) is 52.8. The summed E-state index contributed by atoms with van der Waals surface area (Å²) >= 11 is 0. The van der Waals surface area contributed by atoms with Crippen molar-refractivity contribution in [1.82, 2.24) is 0 Å². The maximum absolute atomic E-state index is 12.7. The second-order valence-corrected chi connectivity index (χ2v) is 21.5. The molecule has 0 spiro atoms. The van der Waals surface area contributed by atoms with Crippen molar-refractivity contribution >= 4 is 13.8 Å². The Bertz CT molecular complexity index is 1000. The summed E-state index contributed by atoms with van der Waals surface area (Å²) in [6.07, 6.45) is 58.0. The molecule has 3 N–H and O–H groups in total. The summed E-state index contributed by atoms with van der Waals surface area (Å²) in [6, 6.07) is 0. The molecule has 396 valence electrons. The number of rotatable bonds is 57. The van der Waals surface area contributed by atoms with Crippen LogP contribution in [0.2, 0.25) is 0 Å². The fourth-order valence-corrected chi connectivity index (χ4v) is 9.68. The number of unbranched alkanes of at least 4 members (excludes halogenated alkanes) is 43. The molecule has 0 saturated heterocycles. The van der Waals surface area contributed by atoms with E-state index in [1.54, 1.807) is 0 Å². The number of ether oxygens (including phenoxy) is 2. The molecule has 0 saturated carbocycles. The van der Waals surface area contributed by atoms with E-state index in [4.69, 9.17) is 23.6 Å². The molecule has 66 heavy (non-hydrogen) atoms. The van der Waals surface area contributed by atoms with E-state index in [9.17, 15) is 19.4 Å². The smallest absolute Gasteiger partial charge is 0.457 e. The van der Waals surface area contributed by atoms with Crippen LogP contribution in [0.15, 0.2) is 0 Å². The minimum absolute atomic E-state index is 0.0592. The van der Waals surface area contributed by atoms with Crippen molar-refractivity contribution in [3.05, 3.63) is 0 Å². The molecule has 0 fully saturated rings. The quantitative estimate of drug-likeness (QED) is 0.0310. The molecule has 0 amide bonds. The fraction of sp³-hybridized carbons (Fsp3) is 0.982. The first-order chi connectivity index (χ1) is 32.3. The van der Waals surface area contributed by atoms with Gasteiger partial charge in [-0.3, -0.25) is 13.8 Å². The van der Waals surface area contributed by atoms with Crippen LogP contribution in [0.4, 0.5) is 0 Å². The maximum Gasteiger partial charge on any atom is 0.472 e. The molecule has 0 aliphatic heterocycles. The number of carbonyl (C=O) groups is 1. The highest BCUT2D eigenvalue weighted by molar-refractivity contribution is 7.47. The highest BCUT2D eigenvalue weighted by Gasteiger charge is 2.26. The van der Waals surface area contributed by atoms with Crippen molar-refractivity contribution in [2.45, 2.75) is 321 Å². The van der Waals surface area contributed by atoms with Gasteiger partial charge < -0.3 is 24.6 Å². The van der Waals surface area contributed by atoms with Gasteiger partial charge in [0.25, 0.3) is 0 Å². The Hall–Kier alpha value is -0.540. The molecular weight excluding hydrogens is 848 g/mol. The number of aliphatic hydroxyl groups is 2. The molecule has 0 bridgehead atoms. The molecule has 0 aromatic rings. The minimum atomic E-state index is -4.52. The average molecular weight is 961 g/mol. The van der Waals surface area contributed by atoms with E-state index in [1.807, 2.05) is 0 Å². The van der Waals surface area contributed by atoms with Crippen molar-refractivity contribution in [3.8, 4) is 0 Å². The summed E-state index contributed by atoms with van der Waals surface area (Å²) in [6.45, 7) is 3.62. The zero-order valence-corrected chi connectivity index (χ0v) is 44.8. The Morgan fingerprint density at radius 1 is 0.409 bits per heavy atom. The Kier molecular flexibility index (Phi) is 53.4. The predicted molar refractivity (Wildman–Crippen MR) is 279 cm³/mol. The van der Waals surface area contributed by atoms with Crippen molar-refractivity contribution in [2.75, 3.05) is 33.0 Å². The van der Waals surface area contributed by atoms with Gasteiger partial charge in [0.2, 0.25) is 0 Å². The zero-order valence-electron chi connectivity index (χ0n) is 44.0. The van der Waals surface area contributed by atoms with E-state index < -0.39 is 33.2 Å². The third-order valence-electron chi connectivity index (χ3n) is 13.3. The van der Waals surface area contributed by atoms with Crippen molar-refractivity contribution in [2.24, 2.45) is 0 Å². The molecule has 0 aromatic heterocycles. The molecule has 3 atom stereocenters. The summed E-state index contributed by atoms with van der Waals surface area (Å²) in [5.74, 6) is -0.371. The Balaban J connectivity index is 3.94. The van der Waals surface area contributed by atoms with Crippen LogP contribution in [0.1, 0.15) is 309 Å². The first-order valence-electron chi connectivity index (χ1n) is 29.0. The molecular formula is C56H113O9P. The SMILES string of the molecule is CCCCCCCCCCCCCCCCCCCCCCCCCOCC(COP(=O)(O)OCC(O)CO)OC(=O)CCCCCCCCCCCCCCCCCCCCCCCC. The van der Waals surface area contributed by atoms with Crippen LogP contribution in [0.5, 0.6) is 0 Å². The lowest BCUT2D eigenvalue weighted by Gasteiger charge is -2.20. The molecule has 0 heterocycles. The van der Waals surface area contributed by atoms with Gasteiger partial charge in [-0.25, -0.2) is 4.57 Å². The molecule has 0 aliphatic rings. The molecule has 9 nitrogen and oxygen atoms in total. The fourth-order valence-electron chi connectivity index (χ4n) is 8.89. The van der Waals surface area contributed by atoms with E-state index in [1.165, 1.54) is 257 Å². The summed E-state index contributed by atoms with van der Waals surface area (Å²) in [5, 5.41) is 18.5. The Labute approximate surface area is 409 Å². The first-order valence-corrected chi connectivity index (χ1v) is 30.5. The van der Waals surface area contributed by atoms with Crippen LogP contribution in [-0.4, -0.2) is 66.3 Å². The van der Waals surface area contributed by atoms with Gasteiger partial charge in [-0.1, -0.05) is 290 Å². The maximum atomic E-state index is 12.7. The number of aliphatic hydroxyl groups excluding tert-OH is 2. The van der Waals surface area contributed by atoms with Crippen molar-refractivity contribution in [1.29, 1.82) is 0 Å². The highest BCUT2D eigenvalue weighted by Crippen LogP contribution is 2.43. The van der Waals surface area contributed by atoms with E-state index >= 15 is 0 Å². The monoisotopic (exact) mass is 961 g/mol. The van der Waals surface area contributed by atoms with E-state index in [0.29, 0.717) is 6.61 Å². The third-order valence-corrected chi connectivity index (χ3v) is 14.2. The highest BCUT2D eigenvalue weighted by atomic mass is 31.2. The van der Waals surface area contributed by atoms with E-state index in [0.717, 1.165) is 32.1 Å². The number of esters is 1. The molecule has 0 radical (unpaired) electrons. The van der Waals surface area contributed by atoms with Gasteiger partial charge in [0.05, 0.1) is 26.4 Å². The Morgan fingerprint density at radius 3 is 0.985 bits per heavy atom. The van der Waals surface area contributed by atoms with Crippen LogP contribution in [0, 0.1) is 0 Å². The molecule has 10 heteroatoms. The van der Waals surface area contributed by atoms with Gasteiger partial charge in [-0.05, 0) is 12.8 Å². The zero-order chi connectivity index (χ0) is 48.1. The topological polar surface area (TPSA) is 132 Å². The molecule has 0 aliphatic carbocycles. The van der Waals surface area contributed by atoms with Crippen molar-refractivity contribution < 1.29 is 43.0 Å². The van der Waals surface area contributed by atoms with Crippen molar-refractivity contribution in [3.63, 3.8) is 0 Å². The van der Waals surface area contributed by atoms with Crippen LogP contribution in [0.3, 0.4) is 0 Å². The first kappa shape index (κ1) is 65.5. The lowest BCUT2D eigenvalue weighted by molar-refractivity contribution is -0.154. The summed E-state index contributed by atoms with van der Waals surface area (Å²) in [7, 11) is -4.52. The van der Waals surface area contributed by atoms with E-state index in [-0.39, 0.29) is 25.6 Å². The lowest BCUT2D eigenvalue weighted by atomic mass is 10.0.